The summed E-state index contributed by atoms with van der Waals surface area (Å²) in [6.07, 6.45) is 1.76. The average molecular weight is 362 g/mol. The molecule has 5 nitrogen and oxygen atoms in total. The van der Waals surface area contributed by atoms with Crippen LogP contribution in [0.3, 0.4) is 0 Å². The van der Waals surface area contributed by atoms with E-state index in [1.165, 1.54) is 0 Å². The van der Waals surface area contributed by atoms with Crippen molar-refractivity contribution in [2.75, 3.05) is 24.4 Å². The number of hydrogen-bond donors (Lipinski definition) is 1. The minimum absolute atomic E-state index is 0.260. The summed E-state index contributed by atoms with van der Waals surface area (Å²) in [4.78, 5) is 11.0. The summed E-state index contributed by atoms with van der Waals surface area (Å²) < 4.78 is 1.05. The highest BCUT2D eigenvalue weighted by atomic mass is 79.9. The second-order valence-electron chi connectivity index (χ2n) is 5.44. The molecule has 0 saturated carbocycles. The zero-order chi connectivity index (χ0) is 16.1. The number of rotatable bonds is 5. The molecule has 116 valence electrons. The van der Waals surface area contributed by atoms with Crippen LogP contribution < -0.4 is 10.3 Å². The first kappa shape index (κ1) is 16.4. The van der Waals surface area contributed by atoms with Gasteiger partial charge in [-0.2, -0.15) is 5.10 Å². The number of benzene rings is 1. The van der Waals surface area contributed by atoms with Gasteiger partial charge in [0, 0.05) is 30.6 Å². The van der Waals surface area contributed by atoms with E-state index in [-0.39, 0.29) is 5.92 Å². The molecule has 1 aromatic carbocycles. The molecule has 2 aromatic rings. The van der Waals surface area contributed by atoms with Gasteiger partial charge in [-0.1, -0.05) is 41.9 Å². The van der Waals surface area contributed by atoms with Crippen LogP contribution in [0, 0.1) is 0 Å². The van der Waals surface area contributed by atoms with Crippen LogP contribution in [0.4, 0.5) is 11.6 Å². The van der Waals surface area contributed by atoms with Crippen molar-refractivity contribution in [3.63, 3.8) is 0 Å². The summed E-state index contributed by atoms with van der Waals surface area (Å²) >= 11 is 3.41. The summed E-state index contributed by atoms with van der Waals surface area (Å²) in [6.45, 7) is 4.15. The summed E-state index contributed by atoms with van der Waals surface area (Å²) in [5.41, 5.74) is 3.99. The number of nitrogens with one attached hydrogen (secondary N) is 1. The maximum atomic E-state index is 4.53. The van der Waals surface area contributed by atoms with Gasteiger partial charge in [0.15, 0.2) is 5.82 Å². The third-order valence-corrected chi connectivity index (χ3v) is 3.50. The normalized spacial score (nSPS) is 11.2. The van der Waals surface area contributed by atoms with E-state index < -0.39 is 0 Å². The Hall–Kier alpha value is -1.95. The van der Waals surface area contributed by atoms with E-state index >= 15 is 0 Å². The van der Waals surface area contributed by atoms with E-state index in [4.69, 9.17) is 0 Å². The molecule has 0 unspecified atom stereocenters. The van der Waals surface area contributed by atoms with Crippen molar-refractivity contribution < 1.29 is 0 Å². The van der Waals surface area contributed by atoms with E-state index in [2.05, 4.69) is 50.3 Å². The smallest absolute Gasteiger partial charge is 0.152 e. The van der Waals surface area contributed by atoms with Crippen molar-refractivity contribution in [1.29, 1.82) is 0 Å². The molecule has 2 rings (SSSR count). The van der Waals surface area contributed by atoms with E-state index in [1.807, 2.05) is 49.3 Å². The minimum Gasteiger partial charge on any atom is -0.363 e. The molecule has 0 saturated heterocycles. The van der Waals surface area contributed by atoms with Gasteiger partial charge in [0.2, 0.25) is 0 Å². The topological polar surface area (TPSA) is 53.4 Å². The molecule has 0 aliphatic rings. The van der Waals surface area contributed by atoms with Crippen molar-refractivity contribution in [2.45, 2.75) is 19.8 Å². The van der Waals surface area contributed by atoms with Crippen LogP contribution in [0.15, 0.2) is 39.9 Å². The van der Waals surface area contributed by atoms with Gasteiger partial charge < -0.3 is 4.90 Å². The predicted octanol–water partition coefficient (Wildman–Crippen LogP) is 3.87. The van der Waals surface area contributed by atoms with Gasteiger partial charge in [0.05, 0.1) is 6.21 Å². The zero-order valence-electron chi connectivity index (χ0n) is 13.2. The SMILES string of the molecule is CC(C)c1nc(NN=Cc2ccc(Br)cc2)cc(N(C)C)n1. The quantitative estimate of drug-likeness (QED) is 0.648. The molecule has 0 bridgehead atoms. The van der Waals surface area contributed by atoms with Gasteiger partial charge in [0.25, 0.3) is 0 Å². The third kappa shape index (κ3) is 4.53. The Balaban J connectivity index is 2.16. The molecule has 0 radical (unpaired) electrons. The van der Waals surface area contributed by atoms with Crippen LogP contribution in [0.25, 0.3) is 0 Å². The van der Waals surface area contributed by atoms with Crippen LogP contribution in [-0.4, -0.2) is 30.3 Å². The Kier molecular flexibility index (Phi) is 5.49. The van der Waals surface area contributed by atoms with Crippen molar-refractivity contribution in [3.05, 3.63) is 46.2 Å². The lowest BCUT2D eigenvalue weighted by Crippen LogP contribution is -2.13. The Labute approximate surface area is 139 Å². The predicted molar refractivity (Wildman–Crippen MR) is 95.8 cm³/mol. The molecule has 0 amide bonds. The Bertz CT molecular complexity index is 624. The minimum atomic E-state index is 0.260. The lowest BCUT2D eigenvalue weighted by molar-refractivity contribution is 0.771. The highest BCUT2D eigenvalue weighted by Gasteiger charge is 2.08. The maximum absolute atomic E-state index is 4.53. The first-order chi connectivity index (χ1) is 10.5. The standard InChI is InChI=1S/C16H20BrN5/c1-11(2)16-19-14(9-15(20-16)22(3)4)21-18-10-12-5-7-13(17)8-6-12/h5-11H,1-4H3,(H,19,20,21). The highest BCUT2D eigenvalue weighted by molar-refractivity contribution is 9.10. The molecule has 0 fully saturated rings. The van der Waals surface area contributed by atoms with E-state index in [9.17, 15) is 0 Å². The van der Waals surface area contributed by atoms with Gasteiger partial charge in [-0.25, -0.2) is 9.97 Å². The van der Waals surface area contributed by atoms with Crippen LogP contribution in [0.1, 0.15) is 31.2 Å². The van der Waals surface area contributed by atoms with Crippen molar-refractivity contribution >= 4 is 33.8 Å². The fourth-order valence-electron chi connectivity index (χ4n) is 1.72. The second-order valence-corrected chi connectivity index (χ2v) is 6.36. The van der Waals surface area contributed by atoms with E-state index in [0.29, 0.717) is 5.82 Å². The van der Waals surface area contributed by atoms with E-state index in [1.54, 1.807) is 6.21 Å². The molecule has 22 heavy (non-hydrogen) atoms. The molecule has 0 aliphatic heterocycles. The third-order valence-electron chi connectivity index (χ3n) is 2.97. The van der Waals surface area contributed by atoms with Crippen molar-refractivity contribution in [1.82, 2.24) is 9.97 Å². The Morgan fingerprint density at radius 3 is 2.45 bits per heavy atom. The summed E-state index contributed by atoms with van der Waals surface area (Å²) in [7, 11) is 3.92. The number of anilines is 2. The molecule has 1 heterocycles. The highest BCUT2D eigenvalue weighted by Crippen LogP contribution is 2.18. The number of halogens is 1. The van der Waals surface area contributed by atoms with Gasteiger partial charge in [-0.05, 0) is 17.7 Å². The molecule has 0 atom stereocenters. The number of hydrogen-bond acceptors (Lipinski definition) is 5. The molecule has 6 heteroatoms. The van der Waals surface area contributed by atoms with Gasteiger partial charge in [-0.3, -0.25) is 5.43 Å². The number of aromatic nitrogens is 2. The first-order valence-electron chi connectivity index (χ1n) is 7.06. The monoisotopic (exact) mass is 361 g/mol. The lowest BCUT2D eigenvalue weighted by atomic mass is 10.2. The van der Waals surface area contributed by atoms with Gasteiger partial charge in [-0.15, -0.1) is 0 Å². The van der Waals surface area contributed by atoms with Crippen molar-refractivity contribution in [3.8, 4) is 0 Å². The van der Waals surface area contributed by atoms with E-state index in [0.717, 1.165) is 21.7 Å². The fraction of sp³-hybridized carbons (Fsp3) is 0.312. The van der Waals surface area contributed by atoms with Crippen LogP contribution >= 0.6 is 15.9 Å². The maximum Gasteiger partial charge on any atom is 0.152 e. The zero-order valence-corrected chi connectivity index (χ0v) is 14.8. The van der Waals surface area contributed by atoms with Crippen LogP contribution in [-0.2, 0) is 0 Å². The second kappa shape index (κ2) is 7.35. The van der Waals surface area contributed by atoms with Crippen LogP contribution in [0.5, 0.6) is 0 Å². The summed E-state index contributed by atoms with van der Waals surface area (Å²) in [6, 6.07) is 9.81. The van der Waals surface area contributed by atoms with Gasteiger partial charge in [0.1, 0.15) is 11.6 Å². The molecular formula is C16H20BrN5. The Morgan fingerprint density at radius 1 is 1.18 bits per heavy atom. The Morgan fingerprint density at radius 2 is 1.86 bits per heavy atom. The summed E-state index contributed by atoms with van der Waals surface area (Å²) in [5, 5.41) is 4.24. The molecule has 1 N–H and O–H groups in total. The lowest BCUT2D eigenvalue weighted by Gasteiger charge is -2.15. The number of hydrazone groups is 1. The first-order valence-corrected chi connectivity index (χ1v) is 7.86. The van der Waals surface area contributed by atoms with Gasteiger partial charge >= 0.3 is 0 Å². The van der Waals surface area contributed by atoms with Crippen LogP contribution in [0.2, 0.25) is 0 Å². The molecule has 0 aliphatic carbocycles. The summed E-state index contributed by atoms with van der Waals surface area (Å²) in [5.74, 6) is 2.61. The molecule has 0 spiro atoms. The molecular weight excluding hydrogens is 342 g/mol. The number of nitrogens with zero attached hydrogens (tertiary/aromatic N) is 4. The molecule has 1 aromatic heterocycles. The largest absolute Gasteiger partial charge is 0.363 e. The van der Waals surface area contributed by atoms with Crippen molar-refractivity contribution in [2.24, 2.45) is 5.10 Å². The average Bonchev–Trinajstić information content (AvgIpc) is 2.49. The fourth-order valence-corrected chi connectivity index (χ4v) is 1.98.